The van der Waals surface area contributed by atoms with Crippen molar-refractivity contribution >= 4 is 23.2 Å². The minimum Gasteiger partial charge on any atom is -0.493 e. The Balaban J connectivity index is 1.41. The Morgan fingerprint density at radius 1 is 1.09 bits per heavy atom. The number of hydrogen-bond acceptors (Lipinski definition) is 6. The van der Waals surface area contributed by atoms with Crippen LogP contribution in [0.15, 0.2) is 72.1 Å². The van der Waals surface area contributed by atoms with Crippen LogP contribution in [0.4, 0.5) is 5.69 Å². The van der Waals surface area contributed by atoms with E-state index in [1.54, 1.807) is 42.6 Å². The molecule has 0 atom stereocenters. The Hall–Kier alpha value is -4.20. The fourth-order valence-electron chi connectivity index (χ4n) is 3.82. The van der Waals surface area contributed by atoms with E-state index in [0.717, 1.165) is 29.7 Å². The van der Waals surface area contributed by atoms with E-state index < -0.39 is 0 Å². The fourth-order valence-corrected chi connectivity index (χ4v) is 3.82. The largest absolute Gasteiger partial charge is 0.493 e. The van der Waals surface area contributed by atoms with Crippen molar-refractivity contribution in [2.24, 2.45) is 5.10 Å². The van der Waals surface area contributed by atoms with Crippen LogP contribution < -0.4 is 14.8 Å². The van der Waals surface area contributed by atoms with E-state index >= 15 is 0 Å². The summed E-state index contributed by atoms with van der Waals surface area (Å²) in [4.78, 5) is 29.2. The highest BCUT2D eigenvalue weighted by Gasteiger charge is 2.20. The second-order valence-electron chi connectivity index (χ2n) is 8.04. The quantitative estimate of drug-likeness (QED) is 0.527. The number of carbonyl (C=O) groups is 2. The lowest BCUT2D eigenvalue weighted by atomic mass is 10.0. The SMILES string of the molecule is CCOc1cc(C2=NN(C(=O)Cc3ccc(NC(=O)c4cccnc4)cc3)CCC2)ccc1OC. The number of nitrogens with one attached hydrogen (secondary N) is 1. The summed E-state index contributed by atoms with van der Waals surface area (Å²) in [6.07, 6.45) is 4.97. The number of nitrogens with zero attached hydrogens (tertiary/aromatic N) is 3. The van der Waals surface area contributed by atoms with Gasteiger partial charge in [0, 0.05) is 30.2 Å². The number of aromatic nitrogens is 1. The predicted molar refractivity (Wildman–Crippen MR) is 134 cm³/mol. The van der Waals surface area contributed by atoms with Gasteiger partial charge in [-0.1, -0.05) is 12.1 Å². The van der Waals surface area contributed by atoms with Gasteiger partial charge in [0.2, 0.25) is 5.91 Å². The molecular weight excluding hydrogens is 444 g/mol. The third-order valence-electron chi connectivity index (χ3n) is 5.60. The van der Waals surface area contributed by atoms with E-state index in [0.29, 0.717) is 35.9 Å². The van der Waals surface area contributed by atoms with Gasteiger partial charge in [0.05, 0.1) is 31.4 Å². The first kappa shape index (κ1) is 23.9. The summed E-state index contributed by atoms with van der Waals surface area (Å²) in [5.74, 6) is 1.02. The molecule has 0 aliphatic carbocycles. The van der Waals surface area contributed by atoms with Gasteiger partial charge in [0.25, 0.3) is 5.91 Å². The molecule has 0 radical (unpaired) electrons. The standard InChI is InChI=1S/C27H28N4O4/c1-3-35-25-17-20(10-13-24(25)34-2)23-7-5-15-31(30-23)26(32)16-19-8-11-22(12-9-19)29-27(33)21-6-4-14-28-18-21/h4,6,8-14,17-18H,3,5,7,15-16H2,1-2H3,(H,29,33). The third-order valence-corrected chi connectivity index (χ3v) is 5.60. The number of anilines is 1. The Labute approximate surface area is 204 Å². The molecular formula is C27H28N4O4. The minimum absolute atomic E-state index is 0.0760. The average molecular weight is 473 g/mol. The van der Waals surface area contributed by atoms with Crippen molar-refractivity contribution in [2.75, 3.05) is 25.6 Å². The first-order chi connectivity index (χ1) is 17.1. The number of pyridine rings is 1. The van der Waals surface area contributed by atoms with Crippen molar-refractivity contribution in [1.29, 1.82) is 0 Å². The Bertz CT molecular complexity index is 1210. The van der Waals surface area contributed by atoms with Crippen LogP contribution in [0.5, 0.6) is 11.5 Å². The zero-order valence-corrected chi connectivity index (χ0v) is 19.9. The highest BCUT2D eigenvalue weighted by atomic mass is 16.5. The molecule has 0 spiro atoms. The summed E-state index contributed by atoms with van der Waals surface area (Å²) in [5, 5.41) is 9.01. The van der Waals surface area contributed by atoms with Crippen LogP contribution in [0.2, 0.25) is 0 Å². The van der Waals surface area contributed by atoms with Crippen molar-refractivity contribution in [3.8, 4) is 11.5 Å². The topological polar surface area (TPSA) is 93.1 Å². The van der Waals surface area contributed by atoms with E-state index in [-0.39, 0.29) is 18.2 Å². The van der Waals surface area contributed by atoms with Gasteiger partial charge in [0.1, 0.15) is 0 Å². The van der Waals surface area contributed by atoms with Crippen LogP contribution in [0.3, 0.4) is 0 Å². The number of rotatable bonds is 8. The lowest BCUT2D eigenvalue weighted by molar-refractivity contribution is -0.130. The van der Waals surface area contributed by atoms with E-state index in [4.69, 9.17) is 9.47 Å². The van der Waals surface area contributed by atoms with Crippen LogP contribution in [0, 0.1) is 0 Å². The molecule has 1 aliphatic heterocycles. The molecule has 180 valence electrons. The van der Waals surface area contributed by atoms with Gasteiger partial charge in [-0.25, -0.2) is 5.01 Å². The zero-order chi connectivity index (χ0) is 24.6. The molecule has 0 unspecified atom stereocenters. The number of hydrazone groups is 1. The average Bonchev–Trinajstić information content (AvgIpc) is 2.90. The summed E-state index contributed by atoms with van der Waals surface area (Å²) in [6.45, 7) is 3.03. The van der Waals surface area contributed by atoms with Gasteiger partial charge in [-0.05, 0) is 67.8 Å². The van der Waals surface area contributed by atoms with E-state index in [1.807, 2.05) is 37.3 Å². The number of methoxy groups -OCH3 is 1. The zero-order valence-electron chi connectivity index (χ0n) is 19.9. The molecule has 2 aromatic carbocycles. The van der Waals surface area contributed by atoms with Gasteiger partial charge in [-0.2, -0.15) is 5.10 Å². The summed E-state index contributed by atoms with van der Waals surface area (Å²) < 4.78 is 11.0. The van der Waals surface area contributed by atoms with Crippen LogP contribution in [-0.2, 0) is 11.2 Å². The summed E-state index contributed by atoms with van der Waals surface area (Å²) in [7, 11) is 1.61. The van der Waals surface area contributed by atoms with Crippen molar-refractivity contribution in [1.82, 2.24) is 9.99 Å². The van der Waals surface area contributed by atoms with E-state index in [9.17, 15) is 9.59 Å². The molecule has 0 saturated carbocycles. The van der Waals surface area contributed by atoms with Crippen LogP contribution in [-0.4, -0.2) is 47.8 Å². The molecule has 1 N–H and O–H groups in total. The smallest absolute Gasteiger partial charge is 0.257 e. The fraction of sp³-hybridized carbons (Fsp3) is 0.259. The first-order valence-electron chi connectivity index (χ1n) is 11.6. The maximum atomic E-state index is 13.0. The van der Waals surface area contributed by atoms with Crippen molar-refractivity contribution in [3.05, 3.63) is 83.7 Å². The van der Waals surface area contributed by atoms with Gasteiger partial charge in [-0.15, -0.1) is 0 Å². The maximum Gasteiger partial charge on any atom is 0.257 e. The molecule has 0 saturated heterocycles. The third kappa shape index (κ3) is 6.03. The molecule has 0 bridgehead atoms. The van der Waals surface area contributed by atoms with Crippen LogP contribution in [0.25, 0.3) is 0 Å². The molecule has 2 heterocycles. The minimum atomic E-state index is -0.233. The second kappa shape index (κ2) is 11.3. The van der Waals surface area contributed by atoms with Gasteiger partial charge >= 0.3 is 0 Å². The summed E-state index contributed by atoms with van der Waals surface area (Å²) >= 11 is 0. The van der Waals surface area contributed by atoms with Gasteiger partial charge in [0.15, 0.2) is 11.5 Å². The van der Waals surface area contributed by atoms with Crippen molar-refractivity contribution in [3.63, 3.8) is 0 Å². The van der Waals surface area contributed by atoms with Crippen LogP contribution >= 0.6 is 0 Å². The molecule has 1 aromatic heterocycles. The Kier molecular flexibility index (Phi) is 7.72. The highest BCUT2D eigenvalue weighted by Crippen LogP contribution is 2.29. The normalized spacial score (nSPS) is 13.1. The molecule has 0 fully saturated rings. The Morgan fingerprint density at radius 3 is 2.63 bits per heavy atom. The lowest BCUT2D eigenvalue weighted by Gasteiger charge is -2.24. The molecule has 2 amide bonds. The molecule has 4 rings (SSSR count). The first-order valence-corrected chi connectivity index (χ1v) is 11.6. The summed E-state index contributed by atoms with van der Waals surface area (Å²) in [5.41, 5.74) is 3.75. The number of carbonyl (C=O) groups excluding carboxylic acids is 2. The second-order valence-corrected chi connectivity index (χ2v) is 8.04. The Morgan fingerprint density at radius 2 is 1.91 bits per heavy atom. The predicted octanol–water partition coefficient (Wildman–Crippen LogP) is 4.31. The van der Waals surface area contributed by atoms with Gasteiger partial charge < -0.3 is 14.8 Å². The highest BCUT2D eigenvalue weighted by molar-refractivity contribution is 6.04. The molecule has 3 aromatic rings. The van der Waals surface area contributed by atoms with E-state index in [2.05, 4.69) is 15.4 Å². The monoisotopic (exact) mass is 472 g/mol. The number of hydrogen-bond donors (Lipinski definition) is 1. The number of ether oxygens (including phenoxy) is 2. The molecule has 1 aliphatic rings. The lowest BCUT2D eigenvalue weighted by Crippen LogP contribution is -2.33. The maximum absolute atomic E-state index is 13.0. The van der Waals surface area contributed by atoms with Crippen LogP contribution in [0.1, 0.15) is 41.3 Å². The molecule has 35 heavy (non-hydrogen) atoms. The van der Waals surface area contributed by atoms with Crippen molar-refractivity contribution in [2.45, 2.75) is 26.2 Å². The number of benzene rings is 2. The molecule has 8 nitrogen and oxygen atoms in total. The molecule has 8 heteroatoms. The summed E-state index contributed by atoms with van der Waals surface area (Å²) in [6, 6.07) is 16.4. The van der Waals surface area contributed by atoms with E-state index in [1.165, 1.54) is 6.20 Å². The van der Waals surface area contributed by atoms with Crippen molar-refractivity contribution < 1.29 is 19.1 Å². The van der Waals surface area contributed by atoms with Gasteiger partial charge in [-0.3, -0.25) is 14.6 Å². The number of amides is 2.